The van der Waals surface area contributed by atoms with Crippen LogP contribution in [0.25, 0.3) is 0 Å². The van der Waals surface area contributed by atoms with Crippen molar-refractivity contribution >= 4 is 11.8 Å². The van der Waals surface area contributed by atoms with E-state index in [1.165, 1.54) is 12.0 Å². The normalized spacial score (nSPS) is 15.8. The van der Waals surface area contributed by atoms with Gasteiger partial charge in [0.25, 0.3) is 5.91 Å². The Bertz CT molecular complexity index is 753. The second-order valence-electron chi connectivity index (χ2n) is 7.79. The SMILES string of the molecule is CC(CC(=O)N1CCC(CCc2ccccc2)CC1)NC(=O)c1ccccc1. The van der Waals surface area contributed by atoms with E-state index in [4.69, 9.17) is 0 Å². The molecule has 4 heteroatoms. The fourth-order valence-corrected chi connectivity index (χ4v) is 3.83. The summed E-state index contributed by atoms with van der Waals surface area (Å²) in [6.07, 6.45) is 4.80. The predicted molar refractivity (Wildman–Crippen MR) is 112 cm³/mol. The molecular weight excluding hydrogens is 348 g/mol. The number of amides is 2. The zero-order valence-corrected chi connectivity index (χ0v) is 16.6. The highest BCUT2D eigenvalue weighted by Crippen LogP contribution is 2.23. The molecule has 0 aliphatic carbocycles. The molecule has 2 amide bonds. The van der Waals surface area contributed by atoms with Gasteiger partial charge >= 0.3 is 0 Å². The smallest absolute Gasteiger partial charge is 0.251 e. The van der Waals surface area contributed by atoms with Crippen LogP contribution in [0.5, 0.6) is 0 Å². The van der Waals surface area contributed by atoms with Crippen molar-refractivity contribution in [2.45, 2.75) is 45.1 Å². The van der Waals surface area contributed by atoms with Crippen LogP contribution >= 0.6 is 0 Å². The van der Waals surface area contributed by atoms with Gasteiger partial charge in [0.2, 0.25) is 5.91 Å². The van der Waals surface area contributed by atoms with Gasteiger partial charge in [-0.25, -0.2) is 0 Å². The number of carbonyl (C=O) groups excluding carboxylic acids is 2. The standard InChI is InChI=1S/C24H30N2O2/c1-19(25-24(28)22-10-6-3-7-11-22)18-23(27)26-16-14-21(15-17-26)13-12-20-8-4-2-5-9-20/h2-11,19,21H,12-18H2,1H3,(H,25,28). The summed E-state index contributed by atoms with van der Waals surface area (Å²) in [6, 6.07) is 19.6. The molecule has 1 fully saturated rings. The van der Waals surface area contributed by atoms with E-state index in [1.807, 2.05) is 30.0 Å². The van der Waals surface area contributed by atoms with E-state index in [0.29, 0.717) is 17.9 Å². The summed E-state index contributed by atoms with van der Waals surface area (Å²) in [5.41, 5.74) is 2.02. The molecular formula is C24H30N2O2. The van der Waals surface area contributed by atoms with Gasteiger partial charge in [0, 0.05) is 31.1 Å². The van der Waals surface area contributed by atoms with Gasteiger partial charge in [-0.3, -0.25) is 9.59 Å². The van der Waals surface area contributed by atoms with Crippen molar-refractivity contribution in [1.29, 1.82) is 0 Å². The first-order valence-electron chi connectivity index (χ1n) is 10.3. The van der Waals surface area contributed by atoms with Crippen LogP contribution < -0.4 is 5.32 Å². The Balaban J connectivity index is 1.38. The minimum absolute atomic E-state index is 0.125. The third-order valence-electron chi connectivity index (χ3n) is 5.55. The number of piperidine rings is 1. The number of nitrogens with one attached hydrogen (secondary N) is 1. The lowest BCUT2D eigenvalue weighted by atomic mass is 9.90. The van der Waals surface area contributed by atoms with E-state index in [-0.39, 0.29) is 17.9 Å². The Morgan fingerprint density at radius 1 is 1.00 bits per heavy atom. The summed E-state index contributed by atoms with van der Waals surface area (Å²) >= 11 is 0. The van der Waals surface area contributed by atoms with E-state index in [9.17, 15) is 9.59 Å². The van der Waals surface area contributed by atoms with Gasteiger partial charge in [-0.05, 0) is 56.2 Å². The van der Waals surface area contributed by atoms with E-state index in [2.05, 4.69) is 35.6 Å². The Morgan fingerprint density at radius 2 is 1.61 bits per heavy atom. The highest BCUT2D eigenvalue weighted by Gasteiger charge is 2.24. The van der Waals surface area contributed by atoms with Crippen LogP contribution in [0.15, 0.2) is 60.7 Å². The summed E-state index contributed by atoms with van der Waals surface area (Å²) in [5.74, 6) is 0.711. The molecule has 4 nitrogen and oxygen atoms in total. The van der Waals surface area contributed by atoms with E-state index < -0.39 is 0 Å². The number of hydrogen-bond donors (Lipinski definition) is 1. The molecule has 2 aromatic carbocycles. The molecule has 1 atom stereocenters. The fourth-order valence-electron chi connectivity index (χ4n) is 3.83. The van der Waals surface area contributed by atoms with Crippen LogP contribution in [0.1, 0.15) is 48.5 Å². The quantitative estimate of drug-likeness (QED) is 0.790. The van der Waals surface area contributed by atoms with E-state index in [1.54, 1.807) is 12.1 Å². The largest absolute Gasteiger partial charge is 0.349 e. The average Bonchev–Trinajstić information content (AvgIpc) is 2.74. The molecule has 2 aromatic rings. The molecule has 0 aromatic heterocycles. The lowest BCUT2D eigenvalue weighted by molar-refractivity contribution is -0.133. The second-order valence-corrected chi connectivity index (χ2v) is 7.79. The molecule has 0 radical (unpaired) electrons. The molecule has 1 saturated heterocycles. The van der Waals surface area contributed by atoms with Gasteiger partial charge in [-0.15, -0.1) is 0 Å². The number of aryl methyl sites for hydroxylation is 1. The molecule has 3 rings (SSSR count). The minimum atomic E-state index is -0.170. The summed E-state index contributed by atoms with van der Waals surface area (Å²) in [5, 5.41) is 2.93. The topological polar surface area (TPSA) is 49.4 Å². The average molecular weight is 379 g/mol. The van der Waals surface area contributed by atoms with Crippen LogP contribution in [-0.4, -0.2) is 35.8 Å². The third kappa shape index (κ3) is 5.95. The molecule has 1 aliphatic heterocycles. The number of rotatable bonds is 7. The van der Waals surface area contributed by atoms with E-state index in [0.717, 1.165) is 32.4 Å². The zero-order valence-electron chi connectivity index (χ0n) is 16.6. The van der Waals surface area contributed by atoms with Gasteiger partial charge in [-0.2, -0.15) is 0 Å². The van der Waals surface area contributed by atoms with Gasteiger partial charge in [0.15, 0.2) is 0 Å². The monoisotopic (exact) mass is 378 g/mol. The van der Waals surface area contributed by atoms with Crippen molar-refractivity contribution in [3.8, 4) is 0 Å². The first-order chi connectivity index (χ1) is 13.6. The number of nitrogens with zero attached hydrogens (tertiary/aromatic N) is 1. The van der Waals surface area contributed by atoms with Gasteiger partial charge in [0.1, 0.15) is 0 Å². The number of hydrogen-bond acceptors (Lipinski definition) is 2. The van der Waals surface area contributed by atoms with Crippen LogP contribution in [0.3, 0.4) is 0 Å². The molecule has 0 saturated carbocycles. The summed E-state index contributed by atoms with van der Waals surface area (Å²) in [6.45, 7) is 3.56. The van der Waals surface area contributed by atoms with Crippen LogP contribution in [0.2, 0.25) is 0 Å². The molecule has 1 heterocycles. The molecule has 0 spiro atoms. The Kier molecular flexibility index (Phi) is 7.24. The van der Waals surface area contributed by atoms with Gasteiger partial charge < -0.3 is 10.2 Å². The number of carbonyl (C=O) groups is 2. The lowest BCUT2D eigenvalue weighted by Crippen LogP contribution is -2.42. The Hall–Kier alpha value is -2.62. The van der Waals surface area contributed by atoms with Crippen molar-refractivity contribution in [1.82, 2.24) is 10.2 Å². The summed E-state index contributed by atoms with van der Waals surface area (Å²) in [4.78, 5) is 26.8. The van der Waals surface area contributed by atoms with Crippen LogP contribution in [0.4, 0.5) is 0 Å². The third-order valence-corrected chi connectivity index (χ3v) is 5.55. The van der Waals surface area contributed by atoms with Crippen molar-refractivity contribution < 1.29 is 9.59 Å². The predicted octanol–water partition coefficient (Wildman–Crippen LogP) is 4.07. The van der Waals surface area contributed by atoms with Crippen molar-refractivity contribution in [2.24, 2.45) is 5.92 Å². The second kappa shape index (κ2) is 10.1. The molecule has 28 heavy (non-hydrogen) atoms. The Morgan fingerprint density at radius 3 is 2.25 bits per heavy atom. The van der Waals surface area contributed by atoms with Crippen molar-refractivity contribution in [2.75, 3.05) is 13.1 Å². The number of benzene rings is 2. The molecule has 1 aliphatic rings. The number of likely N-dealkylation sites (tertiary alicyclic amines) is 1. The van der Waals surface area contributed by atoms with E-state index >= 15 is 0 Å². The molecule has 1 N–H and O–H groups in total. The first-order valence-corrected chi connectivity index (χ1v) is 10.3. The van der Waals surface area contributed by atoms with Gasteiger partial charge in [0.05, 0.1) is 0 Å². The minimum Gasteiger partial charge on any atom is -0.349 e. The highest BCUT2D eigenvalue weighted by molar-refractivity contribution is 5.94. The van der Waals surface area contributed by atoms with Crippen LogP contribution in [0, 0.1) is 5.92 Å². The molecule has 148 valence electrons. The molecule has 0 bridgehead atoms. The summed E-state index contributed by atoms with van der Waals surface area (Å²) < 4.78 is 0. The first kappa shape index (κ1) is 20.1. The summed E-state index contributed by atoms with van der Waals surface area (Å²) in [7, 11) is 0. The van der Waals surface area contributed by atoms with Crippen molar-refractivity contribution in [3.63, 3.8) is 0 Å². The fraction of sp³-hybridized carbons (Fsp3) is 0.417. The highest BCUT2D eigenvalue weighted by atomic mass is 16.2. The zero-order chi connectivity index (χ0) is 19.8. The molecule has 1 unspecified atom stereocenters. The van der Waals surface area contributed by atoms with Crippen LogP contribution in [-0.2, 0) is 11.2 Å². The van der Waals surface area contributed by atoms with Gasteiger partial charge in [-0.1, -0.05) is 48.5 Å². The maximum Gasteiger partial charge on any atom is 0.251 e. The maximum atomic E-state index is 12.6. The lowest BCUT2D eigenvalue weighted by Gasteiger charge is -2.33. The van der Waals surface area contributed by atoms with Crippen molar-refractivity contribution in [3.05, 3.63) is 71.8 Å². The maximum absolute atomic E-state index is 12.6. The Labute approximate surface area is 167 Å².